The molecule has 3 unspecified atom stereocenters. The second kappa shape index (κ2) is 12.8. The summed E-state index contributed by atoms with van der Waals surface area (Å²) in [6.07, 6.45) is 7.80. The van der Waals surface area contributed by atoms with Crippen molar-refractivity contribution in [2.75, 3.05) is 37.7 Å². The smallest absolute Gasteiger partial charge is 0.410 e. The molecule has 8 rings (SSSR count). The third kappa shape index (κ3) is 5.96. The topological polar surface area (TPSA) is 104 Å². The van der Waals surface area contributed by atoms with Crippen LogP contribution >= 0.6 is 0 Å². The zero-order valence-corrected chi connectivity index (χ0v) is 30.4. The molecule has 0 aliphatic carbocycles. The summed E-state index contributed by atoms with van der Waals surface area (Å²) in [6.45, 7) is 12.3. The Morgan fingerprint density at radius 2 is 1.88 bits per heavy atom. The van der Waals surface area contributed by atoms with Gasteiger partial charge in [-0.05, 0) is 107 Å². The second-order valence-electron chi connectivity index (χ2n) is 16.1. The number of fused-ring (bicyclic) bond motifs is 5. The lowest BCUT2D eigenvalue weighted by molar-refractivity contribution is 0.0122. The molecule has 0 saturated carbocycles. The van der Waals surface area contributed by atoms with E-state index in [9.17, 15) is 9.90 Å². The molecular weight excluding hydrogens is 647 g/mol. The summed E-state index contributed by atoms with van der Waals surface area (Å²) in [4.78, 5) is 34.3. The lowest BCUT2D eigenvalue weighted by atomic mass is 9.93. The van der Waals surface area contributed by atoms with Gasteiger partial charge in [-0.1, -0.05) is 31.2 Å². The van der Waals surface area contributed by atoms with Crippen LogP contribution in [0, 0.1) is 12.7 Å². The van der Waals surface area contributed by atoms with Crippen LogP contribution in [0.3, 0.4) is 0 Å². The quantitative estimate of drug-likeness (QED) is 0.223. The molecular formula is C40H49FN6O4. The van der Waals surface area contributed by atoms with E-state index in [0.717, 1.165) is 79.0 Å². The minimum absolute atomic E-state index is 0.0592. The number of hydrogen-bond acceptors (Lipinski definition) is 9. The van der Waals surface area contributed by atoms with Crippen molar-refractivity contribution < 1.29 is 23.8 Å². The van der Waals surface area contributed by atoms with Crippen LogP contribution in [0.1, 0.15) is 77.3 Å². The average Bonchev–Trinajstić information content (AvgIpc) is 3.75. The number of amides is 1. The van der Waals surface area contributed by atoms with Crippen molar-refractivity contribution in [1.29, 1.82) is 0 Å². The molecule has 1 N–H and O–H groups in total. The molecule has 270 valence electrons. The van der Waals surface area contributed by atoms with Crippen LogP contribution in [-0.2, 0) is 11.2 Å². The number of aryl methyl sites for hydroxylation is 2. The van der Waals surface area contributed by atoms with Gasteiger partial charge in [0.25, 0.3) is 0 Å². The van der Waals surface area contributed by atoms with Gasteiger partial charge in [-0.25, -0.2) is 9.18 Å². The van der Waals surface area contributed by atoms with Crippen LogP contribution in [0.4, 0.5) is 15.0 Å². The Morgan fingerprint density at radius 3 is 2.61 bits per heavy atom. The highest BCUT2D eigenvalue weighted by Crippen LogP contribution is 2.43. The van der Waals surface area contributed by atoms with E-state index in [1.807, 2.05) is 44.7 Å². The standard InChI is InChI=1S/C40H49FN6O4/c1-6-25-9-7-10-26-17-24(2)18-30(32(25)26)34-33(41)35-31(19-42-34)36(45-20-27-11-12-28(21-45)47(27)38(49)51-39(3,4)5)44-37(43-35)50-23-40-14-8-16-46(40)29(22-48)13-15-40/h7,9-10,17-19,27-29,48H,6,8,11-16,20-23H2,1-5H3/t27?,28?,29-,40?/m1/s1. The first-order chi connectivity index (χ1) is 24.5. The van der Waals surface area contributed by atoms with Crippen LogP contribution in [0.15, 0.2) is 36.5 Å². The van der Waals surface area contributed by atoms with Crippen LogP contribution in [0.5, 0.6) is 6.01 Å². The van der Waals surface area contributed by atoms with Gasteiger partial charge in [-0.15, -0.1) is 0 Å². The zero-order chi connectivity index (χ0) is 35.7. The van der Waals surface area contributed by atoms with Crippen molar-refractivity contribution in [3.05, 3.63) is 53.5 Å². The number of pyridine rings is 1. The molecule has 4 aromatic rings. The number of carbonyl (C=O) groups is 1. The van der Waals surface area contributed by atoms with Gasteiger partial charge >= 0.3 is 12.1 Å². The number of carbonyl (C=O) groups excluding carboxylic acids is 1. The Kier molecular flexibility index (Phi) is 8.57. The van der Waals surface area contributed by atoms with Crippen molar-refractivity contribution in [1.82, 2.24) is 24.8 Å². The van der Waals surface area contributed by atoms with E-state index >= 15 is 4.39 Å². The molecule has 1 amide bonds. The number of aliphatic hydroxyl groups excluding tert-OH is 1. The van der Waals surface area contributed by atoms with Gasteiger partial charge in [0.2, 0.25) is 0 Å². The first-order valence-electron chi connectivity index (χ1n) is 18.6. The number of halogens is 1. The van der Waals surface area contributed by atoms with Crippen molar-refractivity contribution in [3.63, 3.8) is 0 Å². The number of anilines is 1. The van der Waals surface area contributed by atoms with Crippen molar-refractivity contribution in [3.8, 4) is 17.3 Å². The normalized spacial score (nSPS) is 24.9. The number of piperazine rings is 1. The van der Waals surface area contributed by atoms with Gasteiger partial charge in [-0.3, -0.25) is 14.8 Å². The van der Waals surface area contributed by atoms with Crippen molar-refractivity contribution in [2.24, 2.45) is 0 Å². The van der Waals surface area contributed by atoms with Gasteiger partial charge in [0.15, 0.2) is 5.82 Å². The Bertz CT molecular complexity index is 1990. The van der Waals surface area contributed by atoms with Gasteiger partial charge in [0, 0.05) is 30.9 Å². The summed E-state index contributed by atoms with van der Waals surface area (Å²) in [6, 6.07) is 10.5. The monoisotopic (exact) mass is 696 g/mol. The predicted octanol–water partition coefficient (Wildman–Crippen LogP) is 6.81. The van der Waals surface area contributed by atoms with Crippen LogP contribution in [0.2, 0.25) is 0 Å². The summed E-state index contributed by atoms with van der Waals surface area (Å²) in [7, 11) is 0. The van der Waals surface area contributed by atoms with Crippen LogP contribution in [-0.4, -0.2) is 98.1 Å². The number of hydrogen-bond donors (Lipinski definition) is 1. The molecule has 4 fully saturated rings. The average molecular weight is 697 g/mol. The molecule has 0 radical (unpaired) electrons. The molecule has 4 aliphatic rings. The summed E-state index contributed by atoms with van der Waals surface area (Å²) in [5, 5.41) is 12.6. The summed E-state index contributed by atoms with van der Waals surface area (Å²) in [5.41, 5.74) is 2.55. The summed E-state index contributed by atoms with van der Waals surface area (Å²) < 4.78 is 29.5. The SMILES string of the molecule is CCc1cccc2cc(C)cc(-c3ncc4c(N5CC6CCC(C5)N6C(=O)OC(C)(C)C)nc(OCC56CCCN5[C@@H](CO)CC6)nc4c3F)c12. The largest absolute Gasteiger partial charge is 0.461 e. The minimum atomic E-state index is -0.588. The number of rotatable bonds is 7. The van der Waals surface area contributed by atoms with Gasteiger partial charge in [-0.2, -0.15) is 9.97 Å². The number of nitrogens with zero attached hydrogens (tertiary/aromatic N) is 6. The van der Waals surface area contributed by atoms with Crippen LogP contribution < -0.4 is 9.64 Å². The van der Waals surface area contributed by atoms with Crippen LogP contribution in [0.25, 0.3) is 32.9 Å². The van der Waals surface area contributed by atoms with E-state index in [0.29, 0.717) is 30.9 Å². The van der Waals surface area contributed by atoms with E-state index in [1.165, 1.54) is 0 Å². The van der Waals surface area contributed by atoms with E-state index in [2.05, 4.69) is 34.9 Å². The summed E-state index contributed by atoms with van der Waals surface area (Å²) in [5.74, 6) is 0.0634. The third-order valence-corrected chi connectivity index (χ3v) is 11.6. The number of aliphatic hydroxyl groups is 1. The fourth-order valence-electron chi connectivity index (χ4n) is 9.35. The highest BCUT2D eigenvalue weighted by atomic mass is 19.1. The molecule has 4 aliphatic heterocycles. The maximum absolute atomic E-state index is 17.2. The van der Waals surface area contributed by atoms with E-state index in [1.54, 1.807) is 6.20 Å². The fourth-order valence-corrected chi connectivity index (χ4v) is 9.35. The molecule has 6 heterocycles. The lowest BCUT2D eigenvalue weighted by Gasteiger charge is -2.42. The third-order valence-electron chi connectivity index (χ3n) is 11.6. The van der Waals surface area contributed by atoms with Gasteiger partial charge in [0.05, 0.1) is 29.6 Å². The molecule has 2 aromatic heterocycles. The Labute approximate surface area is 299 Å². The summed E-state index contributed by atoms with van der Waals surface area (Å²) >= 11 is 0. The Morgan fingerprint density at radius 1 is 1.10 bits per heavy atom. The second-order valence-corrected chi connectivity index (χ2v) is 16.1. The maximum Gasteiger partial charge on any atom is 0.410 e. The minimum Gasteiger partial charge on any atom is -0.461 e. The van der Waals surface area contributed by atoms with Gasteiger partial charge in [0.1, 0.15) is 29.2 Å². The Balaban J connectivity index is 1.21. The lowest BCUT2D eigenvalue weighted by Crippen LogP contribution is -2.57. The van der Waals surface area contributed by atoms with Crippen molar-refractivity contribution >= 4 is 33.6 Å². The molecule has 51 heavy (non-hydrogen) atoms. The van der Waals surface area contributed by atoms with E-state index in [-0.39, 0.29) is 53.6 Å². The molecule has 0 spiro atoms. The van der Waals surface area contributed by atoms with E-state index < -0.39 is 11.4 Å². The Hall–Kier alpha value is -4.09. The highest BCUT2D eigenvalue weighted by molar-refractivity contribution is 6.01. The first kappa shape index (κ1) is 34.0. The first-order valence-corrected chi connectivity index (χ1v) is 18.6. The van der Waals surface area contributed by atoms with Gasteiger partial charge < -0.3 is 19.5 Å². The highest BCUT2D eigenvalue weighted by Gasteiger charge is 2.50. The molecule has 10 nitrogen and oxygen atoms in total. The molecule has 11 heteroatoms. The fraction of sp³-hybridized carbons (Fsp3) is 0.550. The van der Waals surface area contributed by atoms with Crippen molar-refractivity contribution in [2.45, 2.75) is 109 Å². The van der Waals surface area contributed by atoms with E-state index in [4.69, 9.17) is 24.4 Å². The molecule has 4 atom stereocenters. The number of aromatic nitrogens is 3. The zero-order valence-electron chi connectivity index (χ0n) is 30.4. The maximum atomic E-state index is 17.2. The molecule has 2 aromatic carbocycles. The number of benzene rings is 2. The predicted molar refractivity (Wildman–Crippen MR) is 196 cm³/mol. The number of ether oxygens (including phenoxy) is 2. The molecule has 2 bridgehead atoms. The molecule has 4 saturated heterocycles.